The first-order valence-corrected chi connectivity index (χ1v) is 7.02. The van der Waals surface area contributed by atoms with Crippen LogP contribution in [0, 0.1) is 0 Å². The van der Waals surface area contributed by atoms with Crippen molar-refractivity contribution in [2.75, 3.05) is 47.4 Å². The molecule has 1 saturated heterocycles. The number of nitrogens with two attached hydrogens (primary N) is 1. The quantitative estimate of drug-likeness (QED) is 0.871. The van der Waals surface area contributed by atoms with Gasteiger partial charge in [-0.3, -0.25) is 4.79 Å². The maximum atomic E-state index is 12.7. The van der Waals surface area contributed by atoms with Gasteiger partial charge in [-0.15, -0.1) is 0 Å². The summed E-state index contributed by atoms with van der Waals surface area (Å²) in [6, 6.07) is 5.27. The molecule has 0 saturated carbocycles. The van der Waals surface area contributed by atoms with Gasteiger partial charge < -0.3 is 25.0 Å². The summed E-state index contributed by atoms with van der Waals surface area (Å²) in [6.07, 6.45) is 0. The third-order valence-corrected chi connectivity index (χ3v) is 3.85. The minimum atomic E-state index is -0.0143. The predicted octanol–water partition coefficient (Wildman–Crippen LogP) is 0.419. The highest BCUT2D eigenvalue weighted by atomic mass is 16.5. The van der Waals surface area contributed by atoms with Crippen molar-refractivity contribution >= 4 is 5.91 Å². The Bertz CT molecular complexity index is 507. The molecule has 116 valence electrons. The van der Waals surface area contributed by atoms with E-state index in [1.807, 2.05) is 11.9 Å². The zero-order valence-corrected chi connectivity index (χ0v) is 12.8. The average molecular weight is 293 g/mol. The van der Waals surface area contributed by atoms with E-state index in [2.05, 4.69) is 4.90 Å². The Morgan fingerprint density at radius 2 is 2.00 bits per heavy atom. The molecule has 1 fully saturated rings. The lowest BCUT2D eigenvalue weighted by Gasteiger charge is -2.39. The summed E-state index contributed by atoms with van der Waals surface area (Å²) in [5.41, 5.74) is 6.40. The van der Waals surface area contributed by atoms with Gasteiger partial charge in [-0.1, -0.05) is 0 Å². The first-order chi connectivity index (χ1) is 10.1. The summed E-state index contributed by atoms with van der Waals surface area (Å²) < 4.78 is 10.5. The van der Waals surface area contributed by atoms with Gasteiger partial charge in [-0.2, -0.15) is 0 Å². The van der Waals surface area contributed by atoms with Crippen LogP contribution in [-0.2, 0) is 0 Å². The van der Waals surface area contributed by atoms with Crippen LogP contribution in [0.15, 0.2) is 18.2 Å². The number of carbonyl (C=O) groups is 1. The molecule has 1 heterocycles. The Morgan fingerprint density at radius 1 is 1.29 bits per heavy atom. The van der Waals surface area contributed by atoms with E-state index in [1.54, 1.807) is 32.4 Å². The fourth-order valence-electron chi connectivity index (χ4n) is 2.61. The number of amides is 1. The molecule has 0 spiro atoms. The number of benzene rings is 1. The van der Waals surface area contributed by atoms with Gasteiger partial charge in [-0.25, -0.2) is 0 Å². The van der Waals surface area contributed by atoms with Crippen molar-refractivity contribution in [1.29, 1.82) is 0 Å². The molecule has 1 aromatic rings. The number of nitrogens with zero attached hydrogens (tertiary/aromatic N) is 2. The molecule has 0 aromatic heterocycles. The molecule has 2 N–H and O–H groups in total. The monoisotopic (exact) mass is 293 g/mol. The first kappa shape index (κ1) is 15.6. The molecule has 21 heavy (non-hydrogen) atoms. The van der Waals surface area contributed by atoms with Gasteiger partial charge in [0.15, 0.2) is 11.5 Å². The van der Waals surface area contributed by atoms with E-state index in [9.17, 15) is 4.79 Å². The smallest absolute Gasteiger partial charge is 0.254 e. The molecule has 1 atom stereocenters. The number of piperazine rings is 1. The van der Waals surface area contributed by atoms with Gasteiger partial charge in [0, 0.05) is 31.7 Å². The number of likely N-dealkylation sites (N-methyl/N-ethyl adjacent to an activating group) is 1. The minimum absolute atomic E-state index is 0.0143. The normalized spacial score (nSPS) is 19.4. The lowest BCUT2D eigenvalue weighted by molar-refractivity contribution is 0.0515. The third kappa shape index (κ3) is 3.28. The lowest BCUT2D eigenvalue weighted by atomic mass is 10.1. The molecule has 2 rings (SSSR count). The van der Waals surface area contributed by atoms with Gasteiger partial charge in [-0.05, 0) is 25.2 Å². The van der Waals surface area contributed by atoms with E-state index in [0.717, 1.165) is 13.1 Å². The third-order valence-electron chi connectivity index (χ3n) is 3.85. The molecule has 0 aliphatic carbocycles. The van der Waals surface area contributed by atoms with E-state index in [0.29, 0.717) is 30.2 Å². The molecule has 0 radical (unpaired) electrons. The lowest BCUT2D eigenvalue weighted by Crippen LogP contribution is -2.56. The van der Waals surface area contributed by atoms with Crippen LogP contribution in [0.3, 0.4) is 0 Å². The number of hydrogen-bond acceptors (Lipinski definition) is 5. The van der Waals surface area contributed by atoms with Crippen molar-refractivity contribution in [3.8, 4) is 11.5 Å². The van der Waals surface area contributed by atoms with Crippen LogP contribution in [0.5, 0.6) is 11.5 Å². The summed E-state index contributed by atoms with van der Waals surface area (Å²) in [4.78, 5) is 16.7. The van der Waals surface area contributed by atoms with Crippen LogP contribution in [0.4, 0.5) is 0 Å². The Morgan fingerprint density at radius 3 is 2.62 bits per heavy atom. The Labute approximate surface area is 125 Å². The van der Waals surface area contributed by atoms with Crippen molar-refractivity contribution < 1.29 is 14.3 Å². The van der Waals surface area contributed by atoms with Gasteiger partial charge in [0.2, 0.25) is 0 Å². The van der Waals surface area contributed by atoms with Crippen LogP contribution >= 0.6 is 0 Å². The maximum Gasteiger partial charge on any atom is 0.254 e. The van der Waals surface area contributed by atoms with Crippen molar-refractivity contribution in [2.45, 2.75) is 6.04 Å². The number of methoxy groups -OCH3 is 2. The summed E-state index contributed by atoms with van der Waals surface area (Å²) in [5.74, 6) is 1.16. The second-order valence-electron chi connectivity index (χ2n) is 5.22. The van der Waals surface area contributed by atoms with Gasteiger partial charge in [0.1, 0.15) is 0 Å². The Hall–Kier alpha value is -1.79. The van der Waals surface area contributed by atoms with Crippen LogP contribution in [0.2, 0.25) is 0 Å². The highest BCUT2D eigenvalue weighted by Crippen LogP contribution is 2.28. The molecular formula is C15H23N3O3. The summed E-state index contributed by atoms with van der Waals surface area (Å²) in [7, 11) is 5.18. The second kappa shape index (κ2) is 6.78. The molecule has 0 bridgehead atoms. The molecule has 1 aromatic carbocycles. The minimum Gasteiger partial charge on any atom is -0.493 e. The predicted molar refractivity (Wildman–Crippen MR) is 80.9 cm³/mol. The zero-order chi connectivity index (χ0) is 15.4. The SMILES string of the molecule is COc1ccc(C(=O)N2CCN(C)CC2CN)cc1OC. The van der Waals surface area contributed by atoms with E-state index >= 15 is 0 Å². The highest BCUT2D eigenvalue weighted by molar-refractivity contribution is 5.95. The van der Waals surface area contributed by atoms with Gasteiger partial charge >= 0.3 is 0 Å². The number of rotatable bonds is 4. The first-order valence-electron chi connectivity index (χ1n) is 7.02. The van der Waals surface area contributed by atoms with Crippen molar-refractivity contribution in [3.05, 3.63) is 23.8 Å². The fraction of sp³-hybridized carbons (Fsp3) is 0.533. The van der Waals surface area contributed by atoms with E-state index in [-0.39, 0.29) is 11.9 Å². The number of carbonyl (C=O) groups excluding carboxylic acids is 1. The average Bonchev–Trinajstić information content (AvgIpc) is 2.53. The summed E-state index contributed by atoms with van der Waals surface area (Å²) in [5, 5.41) is 0. The zero-order valence-electron chi connectivity index (χ0n) is 12.8. The fourth-order valence-corrected chi connectivity index (χ4v) is 2.61. The van der Waals surface area contributed by atoms with E-state index in [1.165, 1.54) is 0 Å². The largest absolute Gasteiger partial charge is 0.493 e. The van der Waals surface area contributed by atoms with E-state index < -0.39 is 0 Å². The second-order valence-corrected chi connectivity index (χ2v) is 5.22. The maximum absolute atomic E-state index is 12.7. The van der Waals surface area contributed by atoms with Crippen LogP contribution in [0.25, 0.3) is 0 Å². The van der Waals surface area contributed by atoms with Crippen LogP contribution < -0.4 is 15.2 Å². The van der Waals surface area contributed by atoms with E-state index in [4.69, 9.17) is 15.2 Å². The molecule has 1 amide bonds. The number of ether oxygens (including phenoxy) is 2. The Kier molecular flexibility index (Phi) is 5.03. The summed E-state index contributed by atoms with van der Waals surface area (Å²) in [6.45, 7) is 2.81. The van der Waals surface area contributed by atoms with Gasteiger partial charge in [0.05, 0.1) is 20.3 Å². The highest BCUT2D eigenvalue weighted by Gasteiger charge is 2.29. The molecule has 1 unspecified atom stereocenters. The molecule has 1 aliphatic rings. The topological polar surface area (TPSA) is 68.0 Å². The number of hydrogen-bond donors (Lipinski definition) is 1. The van der Waals surface area contributed by atoms with Crippen molar-refractivity contribution in [1.82, 2.24) is 9.80 Å². The van der Waals surface area contributed by atoms with Crippen LogP contribution in [-0.4, -0.2) is 69.2 Å². The summed E-state index contributed by atoms with van der Waals surface area (Å²) >= 11 is 0. The molecule has 1 aliphatic heterocycles. The molecular weight excluding hydrogens is 270 g/mol. The van der Waals surface area contributed by atoms with Crippen LogP contribution in [0.1, 0.15) is 10.4 Å². The molecule has 6 heteroatoms. The molecule has 6 nitrogen and oxygen atoms in total. The van der Waals surface area contributed by atoms with Crippen molar-refractivity contribution in [2.24, 2.45) is 5.73 Å². The Balaban J connectivity index is 2.22. The van der Waals surface area contributed by atoms with Gasteiger partial charge in [0.25, 0.3) is 5.91 Å². The standard InChI is InChI=1S/C15H23N3O3/c1-17-6-7-18(12(9-16)10-17)15(19)11-4-5-13(20-2)14(8-11)21-3/h4-5,8,12H,6-7,9-10,16H2,1-3H3. The van der Waals surface area contributed by atoms with Crippen molar-refractivity contribution in [3.63, 3.8) is 0 Å².